The van der Waals surface area contributed by atoms with Crippen molar-refractivity contribution in [2.24, 2.45) is 0 Å². The van der Waals surface area contributed by atoms with Gasteiger partial charge in [-0.3, -0.25) is 9.59 Å². The smallest absolute Gasteiger partial charge is 0.410 e. The summed E-state index contributed by atoms with van der Waals surface area (Å²) in [4.78, 5) is 41.1. The summed E-state index contributed by atoms with van der Waals surface area (Å²) < 4.78 is 11.1. The van der Waals surface area contributed by atoms with E-state index in [1.807, 2.05) is 62.1 Å². The molecule has 3 aliphatic rings. The van der Waals surface area contributed by atoms with Crippen LogP contribution in [0.1, 0.15) is 74.4 Å². The monoisotopic (exact) mass is 502 g/mol. The number of hydrogen-bond acceptors (Lipinski definition) is 5. The predicted molar refractivity (Wildman–Crippen MR) is 142 cm³/mol. The van der Waals surface area contributed by atoms with Gasteiger partial charge in [-0.2, -0.15) is 0 Å². The number of hydrogen-bond donors (Lipinski definition) is 1. The number of ether oxygens (including phenoxy) is 2. The van der Waals surface area contributed by atoms with Gasteiger partial charge >= 0.3 is 6.09 Å². The van der Waals surface area contributed by atoms with Crippen molar-refractivity contribution in [2.75, 3.05) is 12.4 Å². The molecule has 0 spiro atoms. The number of carbonyl (C=O) groups excluding carboxylic acids is 3. The van der Waals surface area contributed by atoms with Gasteiger partial charge in [-0.25, -0.2) is 4.79 Å². The fourth-order valence-electron chi connectivity index (χ4n) is 5.73. The van der Waals surface area contributed by atoms with Crippen LogP contribution in [0.15, 0.2) is 48.0 Å². The molecule has 1 saturated heterocycles. The van der Waals surface area contributed by atoms with Crippen LogP contribution in [0.4, 0.5) is 10.5 Å². The summed E-state index contributed by atoms with van der Waals surface area (Å²) >= 11 is 0. The maximum absolute atomic E-state index is 13.8. The number of methoxy groups -OCH3 is 1. The van der Waals surface area contributed by atoms with Gasteiger partial charge in [-0.1, -0.05) is 18.2 Å². The molecule has 0 saturated carbocycles. The summed E-state index contributed by atoms with van der Waals surface area (Å²) in [6.45, 7) is 5.60. The van der Waals surface area contributed by atoms with Gasteiger partial charge in [0, 0.05) is 35.3 Å². The molecule has 7 heteroatoms. The van der Waals surface area contributed by atoms with Crippen LogP contribution >= 0.6 is 0 Å². The molecule has 0 aromatic heterocycles. The first-order valence-corrected chi connectivity index (χ1v) is 13.0. The predicted octanol–water partition coefficient (Wildman–Crippen LogP) is 5.78. The van der Waals surface area contributed by atoms with E-state index in [0.717, 1.165) is 41.7 Å². The maximum atomic E-state index is 13.8. The molecule has 0 radical (unpaired) electrons. The SMILES string of the molecule is COc1ccc(C2=C(C(=O)Nc3ccc4c(c3)C(=O)CC4)CC3CCC(C2)N3C(=O)OC(C)(C)C)cc1. The summed E-state index contributed by atoms with van der Waals surface area (Å²) in [6.07, 6.45) is 3.63. The zero-order valence-corrected chi connectivity index (χ0v) is 21.9. The van der Waals surface area contributed by atoms with Crippen LogP contribution in [0.3, 0.4) is 0 Å². The first kappa shape index (κ1) is 25.1. The average molecular weight is 503 g/mol. The number of ketones is 1. The lowest BCUT2D eigenvalue weighted by Crippen LogP contribution is -2.43. The number of benzene rings is 2. The minimum Gasteiger partial charge on any atom is -0.497 e. The first-order valence-electron chi connectivity index (χ1n) is 13.0. The molecule has 5 rings (SSSR count). The van der Waals surface area contributed by atoms with Gasteiger partial charge in [0.05, 0.1) is 7.11 Å². The summed E-state index contributed by atoms with van der Waals surface area (Å²) in [5, 5.41) is 3.05. The Kier molecular flexibility index (Phi) is 6.56. The second-order valence-corrected chi connectivity index (χ2v) is 11.1. The highest BCUT2D eigenvalue weighted by Crippen LogP contribution is 2.42. The third kappa shape index (κ3) is 5.13. The molecule has 2 aromatic rings. The minimum absolute atomic E-state index is 0.0418. The third-order valence-electron chi connectivity index (χ3n) is 7.47. The van der Waals surface area contributed by atoms with Crippen molar-refractivity contribution < 1.29 is 23.9 Å². The quantitative estimate of drug-likeness (QED) is 0.573. The summed E-state index contributed by atoms with van der Waals surface area (Å²) in [5.41, 5.74) is 4.26. The zero-order valence-electron chi connectivity index (χ0n) is 21.9. The van der Waals surface area contributed by atoms with Crippen LogP contribution in [0, 0.1) is 0 Å². The number of nitrogens with zero attached hydrogens (tertiary/aromatic N) is 1. The van der Waals surface area contributed by atoms with Gasteiger partial charge in [-0.15, -0.1) is 0 Å². The number of amides is 2. The number of nitrogens with one attached hydrogen (secondary N) is 1. The number of anilines is 1. The highest BCUT2D eigenvalue weighted by Gasteiger charge is 2.43. The summed E-state index contributed by atoms with van der Waals surface area (Å²) in [6, 6.07) is 13.1. The molecule has 2 amide bonds. The number of fused-ring (bicyclic) bond motifs is 3. The second-order valence-electron chi connectivity index (χ2n) is 11.1. The van der Waals surface area contributed by atoms with E-state index < -0.39 is 5.60 Å². The van der Waals surface area contributed by atoms with Gasteiger partial charge in [0.2, 0.25) is 0 Å². The number of carbonyl (C=O) groups is 3. The molecule has 194 valence electrons. The van der Waals surface area contributed by atoms with E-state index in [1.54, 1.807) is 13.2 Å². The Labute approximate surface area is 217 Å². The molecule has 2 atom stereocenters. The van der Waals surface area contributed by atoms with Crippen molar-refractivity contribution in [3.63, 3.8) is 0 Å². The Morgan fingerprint density at radius 3 is 2.35 bits per heavy atom. The zero-order chi connectivity index (χ0) is 26.3. The molecule has 2 bridgehead atoms. The molecule has 2 aromatic carbocycles. The number of aryl methyl sites for hydroxylation is 1. The van der Waals surface area contributed by atoms with Crippen LogP contribution in [-0.4, -0.2) is 47.5 Å². The average Bonchev–Trinajstić information content (AvgIpc) is 3.36. The Morgan fingerprint density at radius 1 is 0.973 bits per heavy atom. The molecule has 2 heterocycles. The standard InChI is InChI=1S/C30H34N2O5/c1-30(2,3)37-29(35)32-21-10-11-22(32)17-26(24(16-21)18-6-12-23(36-4)13-7-18)28(34)31-20-9-5-19-8-14-27(33)25(19)15-20/h5-7,9,12-13,15,21-22H,8,10-11,14,16-17H2,1-4H3,(H,31,34). The van der Waals surface area contributed by atoms with Crippen LogP contribution in [0.2, 0.25) is 0 Å². The van der Waals surface area contributed by atoms with E-state index in [-0.39, 0.29) is 29.9 Å². The third-order valence-corrected chi connectivity index (χ3v) is 7.47. The van der Waals surface area contributed by atoms with E-state index in [1.165, 1.54) is 0 Å². The maximum Gasteiger partial charge on any atom is 0.410 e. The van der Waals surface area contributed by atoms with Crippen LogP contribution < -0.4 is 10.1 Å². The van der Waals surface area contributed by atoms with Gasteiger partial charge in [0.1, 0.15) is 11.4 Å². The largest absolute Gasteiger partial charge is 0.497 e. The van der Waals surface area contributed by atoms with Crippen molar-refractivity contribution in [3.05, 3.63) is 64.7 Å². The minimum atomic E-state index is -0.597. The fraction of sp³-hybridized carbons (Fsp3) is 0.433. The van der Waals surface area contributed by atoms with Crippen LogP contribution in [0.25, 0.3) is 5.57 Å². The molecule has 1 fully saturated rings. The molecule has 2 unspecified atom stereocenters. The van der Waals surface area contributed by atoms with Gasteiger partial charge in [0.15, 0.2) is 5.78 Å². The Balaban J connectivity index is 1.49. The molecule has 1 N–H and O–H groups in total. The first-order chi connectivity index (χ1) is 17.6. The molecule has 7 nitrogen and oxygen atoms in total. The van der Waals surface area contributed by atoms with Crippen molar-refractivity contribution in [1.29, 1.82) is 0 Å². The molecular weight excluding hydrogens is 468 g/mol. The Bertz CT molecular complexity index is 1270. The Morgan fingerprint density at radius 2 is 1.68 bits per heavy atom. The van der Waals surface area contributed by atoms with E-state index in [0.29, 0.717) is 36.1 Å². The molecular formula is C30H34N2O5. The van der Waals surface area contributed by atoms with E-state index >= 15 is 0 Å². The lowest BCUT2D eigenvalue weighted by atomic mass is 9.88. The Hall–Kier alpha value is -3.61. The number of rotatable bonds is 4. The normalized spacial score (nSPS) is 21.0. The summed E-state index contributed by atoms with van der Waals surface area (Å²) in [5.74, 6) is 0.653. The van der Waals surface area contributed by atoms with Crippen LogP contribution in [-0.2, 0) is 16.0 Å². The highest BCUT2D eigenvalue weighted by molar-refractivity contribution is 6.10. The van der Waals surface area contributed by atoms with Gasteiger partial charge in [0.25, 0.3) is 5.91 Å². The van der Waals surface area contributed by atoms with Crippen molar-refractivity contribution in [3.8, 4) is 5.75 Å². The number of Topliss-reactive ketones (excluding diaryl/α,β-unsaturated/α-hetero) is 1. The van der Waals surface area contributed by atoms with E-state index in [2.05, 4.69) is 5.32 Å². The molecule has 37 heavy (non-hydrogen) atoms. The lowest BCUT2D eigenvalue weighted by molar-refractivity contribution is -0.113. The van der Waals surface area contributed by atoms with Gasteiger partial charge in [-0.05, 0) is 93.8 Å². The fourth-order valence-corrected chi connectivity index (χ4v) is 5.73. The van der Waals surface area contributed by atoms with E-state index in [4.69, 9.17) is 9.47 Å². The van der Waals surface area contributed by atoms with Crippen LogP contribution in [0.5, 0.6) is 5.75 Å². The van der Waals surface area contributed by atoms with Gasteiger partial charge < -0.3 is 19.7 Å². The topological polar surface area (TPSA) is 84.9 Å². The van der Waals surface area contributed by atoms with E-state index in [9.17, 15) is 14.4 Å². The van der Waals surface area contributed by atoms with Crippen molar-refractivity contribution in [1.82, 2.24) is 4.90 Å². The molecule has 2 aliphatic heterocycles. The second kappa shape index (κ2) is 9.69. The van der Waals surface area contributed by atoms with Crippen molar-refractivity contribution in [2.45, 2.75) is 77.0 Å². The molecule has 1 aliphatic carbocycles. The van der Waals surface area contributed by atoms with Crippen molar-refractivity contribution >= 4 is 29.0 Å². The summed E-state index contributed by atoms with van der Waals surface area (Å²) in [7, 11) is 1.62. The highest BCUT2D eigenvalue weighted by atomic mass is 16.6. The lowest BCUT2D eigenvalue weighted by Gasteiger charge is -2.31.